The van der Waals surface area contributed by atoms with Gasteiger partial charge < -0.3 is 4.74 Å². The van der Waals surface area contributed by atoms with Gasteiger partial charge in [-0.25, -0.2) is 0 Å². The highest BCUT2D eigenvalue weighted by Gasteiger charge is 2.38. The van der Waals surface area contributed by atoms with E-state index in [1.807, 2.05) is 0 Å². The molecule has 2 fully saturated rings. The van der Waals surface area contributed by atoms with Crippen molar-refractivity contribution >= 4 is 11.8 Å². The normalized spacial score (nSPS) is 30.2. The zero-order chi connectivity index (χ0) is 18.1. The molecule has 2 atom stereocenters. The van der Waals surface area contributed by atoms with Crippen molar-refractivity contribution in [3.8, 4) is 0 Å². The quantitative estimate of drug-likeness (QED) is 0.304. The van der Waals surface area contributed by atoms with Gasteiger partial charge in [0.25, 0.3) is 0 Å². The number of carbonyl (C=O) groups is 2. The lowest BCUT2D eigenvalue weighted by molar-refractivity contribution is -0.154. The number of esters is 1. The van der Waals surface area contributed by atoms with Gasteiger partial charge in [-0.05, 0) is 49.9 Å². The zero-order valence-corrected chi connectivity index (χ0v) is 16.4. The zero-order valence-electron chi connectivity index (χ0n) is 16.4. The first-order valence-electron chi connectivity index (χ1n) is 10.8. The van der Waals surface area contributed by atoms with Crippen LogP contribution in [0.4, 0.5) is 0 Å². The van der Waals surface area contributed by atoms with Gasteiger partial charge in [0.2, 0.25) is 0 Å². The van der Waals surface area contributed by atoms with Gasteiger partial charge in [0, 0.05) is 6.42 Å². The first-order chi connectivity index (χ1) is 12.2. The van der Waals surface area contributed by atoms with Crippen LogP contribution in [0, 0.1) is 23.7 Å². The second kappa shape index (κ2) is 11.0. The van der Waals surface area contributed by atoms with Crippen molar-refractivity contribution in [2.24, 2.45) is 23.7 Å². The van der Waals surface area contributed by atoms with E-state index in [2.05, 4.69) is 13.8 Å². The van der Waals surface area contributed by atoms with Gasteiger partial charge in [0.1, 0.15) is 11.7 Å². The highest BCUT2D eigenvalue weighted by molar-refractivity contribution is 5.99. The van der Waals surface area contributed by atoms with Crippen LogP contribution >= 0.6 is 0 Å². The van der Waals surface area contributed by atoms with Crippen LogP contribution < -0.4 is 0 Å². The van der Waals surface area contributed by atoms with Crippen molar-refractivity contribution in [1.82, 2.24) is 0 Å². The van der Waals surface area contributed by atoms with Gasteiger partial charge in [0.15, 0.2) is 0 Å². The smallest absolute Gasteiger partial charge is 0.316 e. The van der Waals surface area contributed by atoms with Gasteiger partial charge in [-0.2, -0.15) is 0 Å². The van der Waals surface area contributed by atoms with Crippen LogP contribution in [0.1, 0.15) is 97.3 Å². The Kier molecular flexibility index (Phi) is 8.98. The van der Waals surface area contributed by atoms with Crippen LogP contribution in [0.3, 0.4) is 0 Å². The van der Waals surface area contributed by atoms with Gasteiger partial charge in [0.05, 0.1) is 6.61 Å². The lowest BCUT2D eigenvalue weighted by atomic mass is 9.68. The molecule has 0 bridgehead atoms. The van der Waals surface area contributed by atoms with E-state index in [1.165, 1.54) is 44.9 Å². The average molecular weight is 351 g/mol. The predicted octanol–water partition coefficient (Wildman–Crippen LogP) is 5.70. The summed E-state index contributed by atoms with van der Waals surface area (Å²) < 4.78 is 5.33. The lowest BCUT2D eigenvalue weighted by Crippen LogP contribution is -2.35. The Morgan fingerprint density at radius 2 is 1.60 bits per heavy atom. The summed E-state index contributed by atoms with van der Waals surface area (Å²) in [4.78, 5) is 24.6. The number of carbonyl (C=O) groups excluding carboxylic acids is 2. The van der Waals surface area contributed by atoms with Crippen LogP contribution in [0.5, 0.6) is 0 Å². The maximum atomic E-state index is 12.5. The highest BCUT2D eigenvalue weighted by atomic mass is 16.5. The molecule has 0 saturated heterocycles. The molecule has 0 radical (unpaired) electrons. The topological polar surface area (TPSA) is 43.4 Å². The molecule has 0 heterocycles. The summed E-state index contributed by atoms with van der Waals surface area (Å²) in [5.41, 5.74) is 0. The molecule has 144 valence electrons. The fraction of sp³-hybridized carbons (Fsp3) is 0.909. The van der Waals surface area contributed by atoms with Crippen molar-refractivity contribution < 1.29 is 14.3 Å². The molecule has 2 unspecified atom stereocenters. The monoisotopic (exact) mass is 350 g/mol. The van der Waals surface area contributed by atoms with Crippen LogP contribution in [-0.2, 0) is 14.3 Å². The standard InChI is InChI=1S/C22H38O3/c1-3-5-7-15-25-22(24)20-14-13-19(16-21(20)23)18-11-9-17(10-12-18)8-6-4-2/h17-20H,3-16H2,1-2H3/t17-,18-,19?,20?. The summed E-state index contributed by atoms with van der Waals surface area (Å²) in [6, 6.07) is 0. The third kappa shape index (κ3) is 6.42. The van der Waals surface area contributed by atoms with E-state index in [0.717, 1.165) is 31.6 Å². The number of rotatable bonds is 9. The third-order valence-electron chi connectivity index (χ3n) is 6.48. The first kappa shape index (κ1) is 20.5. The third-order valence-corrected chi connectivity index (χ3v) is 6.48. The molecule has 0 aromatic rings. The van der Waals surface area contributed by atoms with Gasteiger partial charge in [-0.1, -0.05) is 58.8 Å². The predicted molar refractivity (Wildman–Crippen MR) is 101 cm³/mol. The molecular weight excluding hydrogens is 312 g/mol. The molecule has 2 rings (SSSR count). The fourth-order valence-corrected chi connectivity index (χ4v) is 4.76. The fourth-order valence-electron chi connectivity index (χ4n) is 4.76. The molecule has 25 heavy (non-hydrogen) atoms. The summed E-state index contributed by atoms with van der Waals surface area (Å²) in [7, 11) is 0. The number of unbranched alkanes of at least 4 members (excludes halogenated alkanes) is 3. The molecule has 3 nitrogen and oxygen atoms in total. The molecular formula is C22H38O3. The molecule has 0 N–H and O–H groups in total. The minimum Gasteiger partial charge on any atom is -0.465 e. The molecule has 2 saturated carbocycles. The molecule has 0 spiro atoms. The van der Waals surface area contributed by atoms with Crippen molar-refractivity contribution in [3.05, 3.63) is 0 Å². The minimum atomic E-state index is -0.473. The minimum absolute atomic E-state index is 0.143. The second-order valence-electron chi connectivity index (χ2n) is 8.36. The van der Waals surface area contributed by atoms with Crippen molar-refractivity contribution in [2.75, 3.05) is 6.61 Å². The molecule has 0 aliphatic heterocycles. The number of ether oxygens (including phenoxy) is 1. The number of ketones is 1. The summed E-state index contributed by atoms with van der Waals surface area (Å²) in [5.74, 6) is 1.56. The van der Waals surface area contributed by atoms with E-state index in [4.69, 9.17) is 4.74 Å². The van der Waals surface area contributed by atoms with Crippen LogP contribution in [0.25, 0.3) is 0 Å². The van der Waals surface area contributed by atoms with Gasteiger partial charge in [-0.15, -0.1) is 0 Å². The SMILES string of the molecule is CCCCCOC(=O)C1CCC([C@H]2CC[C@H](CCCC)CC2)CC1=O. The summed E-state index contributed by atoms with van der Waals surface area (Å²) in [5, 5.41) is 0. The first-order valence-corrected chi connectivity index (χ1v) is 10.8. The largest absolute Gasteiger partial charge is 0.465 e. The van der Waals surface area contributed by atoms with Crippen LogP contribution in [0.15, 0.2) is 0 Å². The van der Waals surface area contributed by atoms with E-state index in [9.17, 15) is 9.59 Å². The van der Waals surface area contributed by atoms with Gasteiger partial charge >= 0.3 is 5.97 Å². The molecule has 0 aromatic heterocycles. The number of hydrogen-bond donors (Lipinski definition) is 0. The number of Topliss-reactive ketones (excluding diaryl/α,β-unsaturated/α-hetero) is 1. The van der Waals surface area contributed by atoms with Crippen LogP contribution in [-0.4, -0.2) is 18.4 Å². The Bertz CT molecular complexity index is 409. The number of hydrogen-bond acceptors (Lipinski definition) is 3. The van der Waals surface area contributed by atoms with Gasteiger partial charge in [-0.3, -0.25) is 9.59 Å². The summed E-state index contributed by atoms with van der Waals surface area (Å²) in [6.07, 6.45) is 14.8. The maximum Gasteiger partial charge on any atom is 0.316 e. The Morgan fingerprint density at radius 1 is 0.920 bits per heavy atom. The Balaban J connectivity index is 1.70. The Hall–Kier alpha value is -0.860. The van der Waals surface area contributed by atoms with Crippen molar-refractivity contribution in [3.63, 3.8) is 0 Å². The molecule has 2 aliphatic carbocycles. The van der Waals surface area contributed by atoms with Crippen LogP contribution in [0.2, 0.25) is 0 Å². The summed E-state index contributed by atoms with van der Waals surface area (Å²) >= 11 is 0. The molecule has 3 heteroatoms. The maximum absolute atomic E-state index is 12.5. The van der Waals surface area contributed by atoms with Crippen molar-refractivity contribution in [2.45, 2.75) is 97.3 Å². The average Bonchev–Trinajstić information content (AvgIpc) is 2.63. The van der Waals surface area contributed by atoms with E-state index in [0.29, 0.717) is 31.3 Å². The van der Waals surface area contributed by atoms with E-state index >= 15 is 0 Å². The second-order valence-corrected chi connectivity index (χ2v) is 8.36. The highest BCUT2D eigenvalue weighted by Crippen LogP contribution is 2.41. The molecule has 2 aliphatic rings. The molecule has 0 aromatic carbocycles. The Labute approximate surface area is 154 Å². The van der Waals surface area contributed by atoms with E-state index < -0.39 is 5.92 Å². The van der Waals surface area contributed by atoms with Crippen molar-refractivity contribution in [1.29, 1.82) is 0 Å². The summed E-state index contributed by atoms with van der Waals surface area (Å²) in [6.45, 7) is 4.87. The Morgan fingerprint density at radius 3 is 2.24 bits per heavy atom. The molecule has 0 amide bonds. The lowest BCUT2D eigenvalue weighted by Gasteiger charge is -2.36. The van der Waals surface area contributed by atoms with E-state index in [-0.39, 0.29) is 11.8 Å². The van der Waals surface area contributed by atoms with E-state index in [1.54, 1.807) is 0 Å².